The van der Waals surface area contributed by atoms with E-state index in [4.69, 9.17) is 4.74 Å². The first-order valence-corrected chi connectivity index (χ1v) is 11.3. The molecule has 1 saturated heterocycles. The number of anilines is 3. The SMILES string of the molecule is CCCNc1ccnc(N2CCN(c3ccccc3OC)CC2)c1C(=O)N(CC)CC.Cl. The van der Waals surface area contributed by atoms with Gasteiger partial charge in [0.15, 0.2) is 0 Å². The summed E-state index contributed by atoms with van der Waals surface area (Å²) in [7, 11) is 1.71. The highest BCUT2D eigenvalue weighted by Gasteiger charge is 2.27. The number of ether oxygens (including phenoxy) is 1. The summed E-state index contributed by atoms with van der Waals surface area (Å²) in [6, 6.07) is 10.0. The Labute approximate surface area is 198 Å². The molecule has 2 heterocycles. The molecule has 3 rings (SSSR count). The van der Waals surface area contributed by atoms with Crippen LogP contribution in [-0.2, 0) is 0 Å². The third-order valence-corrected chi connectivity index (χ3v) is 5.77. The number of aromatic nitrogens is 1. The number of para-hydroxylation sites is 2. The molecular formula is C24H36ClN5O2. The lowest BCUT2D eigenvalue weighted by atomic mass is 10.1. The van der Waals surface area contributed by atoms with Crippen LogP contribution in [0.2, 0.25) is 0 Å². The second kappa shape index (κ2) is 12.4. The van der Waals surface area contributed by atoms with Crippen molar-refractivity contribution < 1.29 is 9.53 Å². The topological polar surface area (TPSA) is 60.9 Å². The van der Waals surface area contributed by atoms with Crippen LogP contribution >= 0.6 is 12.4 Å². The molecule has 0 radical (unpaired) electrons. The number of methoxy groups -OCH3 is 1. The molecule has 0 atom stereocenters. The summed E-state index contributed by atoms with van der Waals surface area (Å²) >= 11 is 0. The van der Waals surface area contributed by atoms with Gasteiger partial charge in [0.05, 0.1) is 18.5 Å². The van der Waals surface area contributed by atoms with Gasteiger partial charge in [-0.2, -0.15) is 0 Å². The minimum atomic E-state index is 0. The molecule has 1 N–H and O–H groups in total. The smallest absolute Gasteiger partial charge is 0.259 e. The van der Waals surface area contributed by atoms with E-state index in [0.717, 1.165) is 62.1 Å². The number of hydrogen-bond acceptors (Lipinski definition) is 6. The summed E-state index contributed by atoms with van der Waals surface area (Å²) in [6.07, 6.45) is 2.80. The number of carbonyl (C=O) groups excluding carboxylic acids is 1. The van der Waals surface area contributed by atoms with E-state index in [1.54, 1.807) is 13.3 Å². The Hall–Kier alpha value is -2.67. The van der Waals surface area contributed by atoms with Crippen LogP contribution in [0.5, 0.6) is 5.75 Å². The summed E-state index contributed by atoms with van der Waals surface area (Å²) < 4.78 is 5.54. The van der Waals surface area contributed by atoms with Crippen LogP contribution < -0.4 is 19.9 Å². The largest absolute Gasteiger partial charge is 0.495 e. The van der Waals surface area contributed by atoms with E-state index >= 15 is 0 Å². The van der Waals surface area contributed by atoms with Crippen molar-refractivity contribution in [3.8, 4) is 5.75 Å². The van der Waals surface area contributed by atoms with E-state index in [-0.39, 0.29) is 18.3 Å². The quantitative estimate of drug-likeness (QED) is 0.605. The Kier molecular flexibility index (Phi) is 9.91. The van der Waals surface area contributed by atoms with Crippen molar-refractivity contribution in [3.63, 3.8) is 0 Å². The van der Waals surface area contributed by atoms with Gasteiger partial charge in [0.2, 0.25) is 0 Å². The molecule has 0 saturated carbocycles. The molecule has 0 unspecified atom stereocenters. The zero-order chi connectivity index (χ0) is 22.2. The summed E-state index contributed by atoms with van der Waals surface area (Å²) in [5, 5.41) is 3.43. The zero-order valence-electron chi connectivity index (χ0n) is 19.6. The molecule has 0 aliphatic carbocycles. The molecule has 0 spiro atoms. The Morgan fingerprint density at radius 1 is 1.06 bits per heavy atom. The van der Waals surface area contributed by atoms with Crippen LogP contribution in [-0.4, -0.2) is 68.7 Å². The molecule has 7 nitrogen and oxygen atoms in total. The van der Waals surface area contributed by atoms with Gasteiger partial charge in [-0.3, -0.25) is 4.79 Å². The Bertz CT molecular complexity index is 867. The van der Waals surface area contributed by atoms with Crippen molar-refractivity contribution in [1.82, 2.24) is 9.88 Å². The first-order chi connectivity index (χ1) is 15.1. The number of pyridine rings is 1. The van der Waals surface area contributed by atoms with Crippen molar-refractivity contribution >= 4 is 35.5 Å². The highest BCUT2D eigenvalue weighted by molar-refractivity contribution is 6.04. The Morgan fingerprint density at radius 3 is 2.34 bits per heavy atom. The molecule has 1 aliphatic rings. The summed E-state index contributed by atoms with van der Waals surface area (Å²) in [5.41, 5.74) is 2.66. The zero-order valence-corrected chi connectivity index (χ0v) is 20.5. The van der Waals surface area contributed by atoms with Gasteiger partial charge in [-0.15, -0.1) is 12.4 Å². The van der Waals surface area contributed by atoms with Gasteiger partial charge in [0.25, 0.3) is 5.91 Å². The number of nitrogens with zero attached hydrogens (tertiary/aromatic N) is 4. The third kappa shape index (κ3) is 5.57. The number of carbonyl (C=O) groups is 1. The standard InChI is InChI=1S/C24H35N5O2.ClH/c1-5-13-25-19-12-14-26-23(22(19)24(30)27(6-2)7-3)29-17-15-28(16-18-29)20-10-8-9-11-21(20)31-4;/h8-12,14H,5-7,13,15-18H2,1-4H3,(H,25,26);1H. The molecule has 0 bridgehead atoms. The highest BCUT2D eigenvalue weighted by atomic mass is 35.5. The monoisotopic (exact) mass is 461 g/mol. The summed E-state index contributed by atoms with van der Waals surface area (Å²) in [5.74, 6) is 1.70. The van der Waals surface area contributed by atoms with Crippen LogP contribution in [0, 0.1) is 0 Å². The highest BCUT2D eigenvalue weighted by Crippen LogP contribution is 2.31. The van der Waals surface area contributed by atoms with Crippen molar-refractivity contribution in [3.05, 3.63) is 42.1 Å². The molecule has 176 valence electrons. The Morgan fingerprint density at radius 2 is 1.72 bits per heavy atom. The molecule has 8 heteroatoms. The number of benzene rings is 1. The molecular weight excluding hydrogens is 426 g/mol. The number of halogens is 1. The van der Waals surface area contributed by atoms with E-state index in [1.165, 1.54) is 0 Å². The van der Waals surface area contributed by atoms with Gasteiger partial charge in [0, 0.05) is 52.0 Å². The van der Waals surface area contributed by atoms with Crippen LogP contribution in [0.25, 0.3) is 0 Å². The van der Waals surface area contributed by atoms with Crippen molar-refractivity contribution in [2.75, 3.05) is 68.0 Å². The number of hydrogen-bond donors (Lipinski definition) is 1. The molecule has 1 amide bonds. The fraction of sp³-hybridized carbons (Fsp3) is 0.500. The van der Waals surface area contributed by atoms with Crippen LogP contribution in [0.4, 0.5) is 17.2 Å². The molecule has 32 heavy (non-hydrogen) atoms. The molecule has 2 aromatic rings. The lowest BCUT2D eigenvalue weighted by molar-refractivity contribution is 0.0774. The van der Waals surface area contributed by atoms with Crippen LogP contribution in [0.1, 0.15) is 37.6 Å². The second-order valence-corrected chi connectivity index (χ2v) is 7.61. The first kappa shape index (κ1) is 25.6. The van der Waals surface area contributed by atoms with Gasteiger partial charge in [-0.25, -0.2) is 4.98 Å². The predicted molar refractivity (Wildman–Crippen MR) is 135 cm³/mol. The van der Waals surface area contributed by atoms with Crippen molar-refractivity contribution in [2.45, 2.75) is 27.2 Å². The molecule has 1 fully saturated rings. The minimum absolute atomic E-state index is 0. The first-order valence-electron chi connectivity index (χ1n) is 11.3. The summed E-state index contributed by atoms with van der Waals surface area (Å²) in [4.78, 5) is 24.5. The molecule has 1 aromatic carbocycles. The number of nitrogens with one attached hydrogen (secondary N) is 1. The fourth-order valence-electron chi connectivity index (χ4n) is 4.03. The van der Waals surface area contributed by atoms with E-state index in [1.807, 2.05) is 43.0 Å². The maximum absolute atomic E-state index is 13.4. The van der Waals surface area contributed by atoms with E-state index < -0.39 is 0 Å². The van der Waals surface area contributed by atoms with Crippen LogP contribution in [0.15, 0.2) is 36.5 Å². The van der Waals surface area contributed by atoms with E-state index in [0.29, 0.717) is 18.7 Å². The van der Waals surface area contributed by atoms with E-state index in [2.05, 4.69) is 33.1 Å². The van der Waals surface area contributed by atoms with E-state index in [9.17, 15) is 4.79 Å². The maximum Gasteiger partial charge on any atom is 0.259 e. The third-order valence-electron chi connectivity index (χ3n) is 5.77. The lowest BCUT2D eigenvalue weighted by Crippen LogP contribution is -2.47. The summed E-state index contributed by atoms with van der Waals surface area (Å²) in [6.45, 7) is 11.6. The minimum Gasteiger partial charge on any atom is -0.495 e. The van der Waals surface area contributed by atoms with Gasteiger partial charge in [-0.05, 0) is 38.5 Å². The van der Waals surface area contributed by atoms with Crippen LogP contribution in [0.3, 0.4) is 0 Å². The average Bonchev–Trinajstić information content (AvgIpc) is 2.83. The van der Waals surface area contributed by atoms with Gasteiger partial charge in [0.1, 0.15) is 17.1 Å². The van der Waals surface area contributed by atoms with Gasteiger partial charge >= 0.3 is 0 Å². The number of amides is 1. The maximum atomic E-state index is 13.4. The Balaban J connectivity index is 0.00000363. The normalized spacial score (nSPS) is 13.4. The fourth-order valence-corrected chi connectivity index (χ4v) is 4.03. The predicted octanol–water partition coefficient (Wildman–Crippen LogP) is 4.14. The molecule has 1 aromatic heterocycles. The van der Waals surface area contributed by atoms with Gasteiger partial charge in [-0.1, -0.05) is 19.1 Å². The molecule has 1 aliphatic heterocycles. The lowest BCUT2D eigenvalue weighted by Gasteiger charge is -2.38. The van der Waals surface area contributed by atoms with Gasteiger partial charge < -0.3 is 24.8 Å². The van der Waals surface area contributed by atoms with Crippen molar-refractivity contribution in [2.24, 2.45) is 0 Å². The number of rotatable bonds is 9. The second-order valence-electron chi connectivity index (χ2n) is 7.61. The number of piperazine rings is 1. The van der Waals surface area contributed by atoms with Crippen molar-refractivity contribution in [1.29, 1.82) is 0 Å². The average molecular weight is 462 g/mol.